The third-order valence-electron chi connectivity index (χ3n) is 2.04. The first-order valence-corrected chi connectivity index (χ1v) is 5.43. The largest absolute Gasteiger partial charge is 0.326 e. The minimum atomic E-state index is 0.588. The molecule has 0 aliphatic heterocycles. The second kappa shape index (κ2) is 9.14. The van der Waals surface area contributed by atoms with Crippen molar-refractivity contribution in [3.05, 3.63) is 0 Å². The molecule has 72 valence electrons. The van der Waals surface area contributed by atoms with E-state index in [1.54, 1.807) is 0 Å². The summed E-state index contributed by atoms with van der Waals surface area (Å²) in [5.74, 6) is 0. The fraction of sp³-hybridized carbons (Fsp3) is 0.900. The summed E-state index contributed by atoms with van der Waals surface area (Å²) >= 11 is 5.03. The molecule has 0 saturated carbocycles. The lowest BCUT2D eigenvalue weighted by Crippen LogP contribution is -2.10. The fourth-order valence-corrected chi connectivity index (χ4v) is 1.35. The lowest BCUT2D eigenvalue weighted by molar-refractivity contribution is 0.616. The number of rotatable bonds is 8. The van der Waals surface area contributed by atoms with Gasteiger partial charge in [-0.05, 0) is 12.8 Å². The van der Waals surface area contributed by atoms with Crippen molar-refractivity contribution < 1.29 is 0 Å². The molecule has 0 rings (SSSR count). The van der Waals surface area contributed by atoms with Gasteiger partial charge in [0.2, 0.25) is 0 Å². The van der Waals surface area contributed by atoms with Gasteiger partial charge in [0, 0.05) is 11.4 Å². The second-order valence-electron chi connectivity index (χ2n) is 3.26. The Morgan fingerprint density at radius 1 is 1.08 bits per heavy atom. The summed E-state index contributed by atoms with van der Waals surface area (Å²) in [5, 5.41) is 0. The summed E-state index contributed by atoms with van der Waals surface area (Å²) in [6, 6.07) is 0. The molecule has 2 heteroatoms. The Morgan fingerprint density at radius 3 is 2.25 bits per heavy atom. The van der Waals surface area contributed by atoms with Gasteiger partial charge in [0.05, 0.1) is 0 Å². The van der Waals surface area contributed by atoms with Gasteiger partial charge < -0.3 is 5.73 Å². The van der Waals surface area contributed by atoms with Crippen LogP contribution in [0.5, 0.6) is 0 Å². The molecule has 0 aromatic heterocycles. The zero-order valence-corrected chi connectivity index (χ0v) is 8.96. The van der Waals surface area contributed by atoms with Crippen LogP contribution in [-0.4, -0.2) is 11.4 Å². The molecular weight excluding hydrogens is 166 g/mol. The van der Waals surface area contributed by atoms with Crippen LogP contribution in [0.1, 0.15) is 51.9 Å². The normalized spacial score (nSPS) is 10.2. The molecule has 0 fully saturated rings. The van der Waals surface area contributed by atoms with E-state index in [1.165, 1.54) is 38.5 Å². The zero-order valence-electron chi connectivity index (χ0n) is 8.14. The number of hydrogen-bond acceptors (Lipinski definition) is 2. The number of unbranched alkanes of at least 4 members (excludes halogenated alkanes) is 5. The van der Waals surface area contributed by atoms with Crippen molar-refractivity contribution in [1.82, 2.24) is 0 Å². The molecule has 0 heterocycles. The first-order valence-electron chi connectivity index (χ1n) is 5.03. The van der Waals surface area contributed by atoms with Gasteiger partial charge in [0.1, 0.15) is 0 Å². The van der Waals surface area contributed by atoms with Crippen LogP contribution in [0.3, 0.4) is 0 Å². The molecular formula is C10H21NS. The third-order valence-corrected chi connectivity index (χ3v) is 2.41. The predicted molar refractivity (Wildman–Crippen MR) is 59.6 cm³/mol. The van der Waals surface area contributed by atoms with Gasteiger partial charge in [-0.25, -0.2) is 0 Å². The number of nitrogens with two attached hydrogens (primary N) is 1. The Hall–Kier alpha value is 0.0500. The average Bonchev–Trinajstić information content (AvgIpc) is 2.10. The molecule has 1 nitrogen and oxygen atoms in total. The van der Waals surface area contributed by atoms with Crippen LogP contribution >= 0.6 is 12.2 Å². The van der Waals surface area contributed by atoms with Gasteiger partial charge in [-0.1, -0.05) is 51.2 Å². The van der Waals surface area contributed by atoms with E-state index >= 15 is 0 Å². The van der Waals surface area contributed by atoms with Crippen LogP contribution in [0, 0.1) is 0 Å². The van der Waals surface area contributed by atoms with Crippen LogP contribution in [0.25, 0.3) is 0 Å². The highest BCUT2D eigenvalue weighted by molar-refractivity contribution is 7.80. The average molecular weight is 187 g/mol. The molecule has 2 N–H and O–H groups in total. The van der Waals surface area contributed by atoms with E-state index in [0.29, 0.717) is 6.54 Å². The Morgan fingerprint density at radius 2 is 1.67 bits per heavy atom. The van der Waals surface area contributed by atoms with Crippen LogP contribution in [0.2, 0.25) is 0 Å². The Labute approximate surface area is 81.7 Å². The van der Waals surface area contributed by atoms with Gasteiger partial charge >= 0.3 is 0 Å². The SMILES string of the molecule is CCCCCCCCC(=S)CN. The topological polar surface area (TPSA) is 26.0 Å². The van der Waals surface area contributed by atoms with Crippen molar-refractivity contribution in [3.8, 4) is 0 Å². The van der Waals surface area contributed by atoms with E-state index in [2.05, 4.69) is 6.92 Å². The smallest absolute Gasteiger partial charge is 0.0242 e. The van der Waals surface area contributed by atoms with Gasteiger partial charge in [0.15, 0.2) is 0 Å². The van der Waals surface area contributed by atoms with Gasteiger partial charge in [0.25, 0.3) is 0 Å². The molecule has 0 aliphatic carbocycles. The van der Waals surface area contributed by atoms with Gasteiger partial charge in [-0.3, -0.25) is 0 Å². The van der Waals surface area contributed by atoms with Gasteiger partial charge in [-0.15, -0.1) is 0 Å². The monoisotopic (exact) mass is 187 g/mol. The predicted octanol–water partition coefficient (Wildman–Crippen LogP) is 3.07. The molecule has 0 bridgehead atoms. The highest BCUT2D eigenvalue weighted by Gasteiger charge is 1.93. The summed E-state index contributed by atoms with van der Waals surface area (Å²) in [5.41, 5.74) is 5.39. The Kier molecular flexibility index (Phi) is 9.18. The molecule has 0 aliphatic rings. The van der Waals surface area contributed by atoms with E-state index in [0.717, 1.165) is 11.3 Å². The Balaban J connectivity index is 2.95. The number of thiocarbonyl (C=S) groups is 1. The highest BCUT2D eigenvalue weighted by Crippen LogP contribution is 2.07. The quantitative estimate of drug-likeness (QED) is 0.467. The second-order valence-corrected chi connectivity index (χ2v) is 3.84. The molecule has 0 aromatic rings. The molecule has 0 saturated heterocycles. The van der Waals surface area contributed by atoms with Crippen LogP contribution < -0.4 is 5.73 Å². The first-order chi connectivity index (χ1) is 5.81. The molecule has 0 atom stereocenters. The summed E-state index contributed by atoms with van der Waals surface area (Å²) < 4.78 is 0. The maximum absolute atomic E-state index is 5.39. The van der Waals surface area contributed by atoms with E-state index < -0.39 is 0 Å². The van der Waals surface area contributed by atoms with E-state index in [4.69, 9.17) is 18.0 Å². The Bertz CT molecular complexity index is 112. The summed E-state index contributed by atoms with van der Waals surface area (Å²) in [6.45, 7) is 2.83. The zero-order chi connectivity index (χ0) is 9.23. The minimum absolute atomic E-state index is 0.588. The third kappa shape index (κ3) is 8.15. The van der Waals surface area contributed by atoms with Crippen LogP contribution in [0.4, 0.5) is 0 Å². The van der Waals surface area contributed by atoms with Crippen molar-refractivity contribution in [2.24, 2.45) is 5.73 Å². The molecule has 12 heavy (non-hydrogen) atoms. The van der Waals surface area contributed by atoms with E-state index in [-0.39, 0.29) is 0 Å². The summed E-state index contributed by atoms with van der Waals surface area (Å²) in [7, 11) is 0. The molecule has 0 amide bonds. The lowest BCUT2D eigenvalue weighted by Gasteiger charge is -2.00. The van der Waals surface area contributed by atoms with E-state index in [1.807, 2.05) is 0 Å². The summed E-state index contributed by atoms with van der Waals surface area (Å²) in [4.78, 5) is 1.03. The highest BCUT2D eigenvalue weighted by atomic mass is 32.1. The minimum Gasteiger partial charge on any atom is -0.326 e. The lowest BCUT2D eigenvalue weighted by atomic mass is 10.1. The van der Waals surface area contributed by atoms with Crippen molar-refractivity contribution in [3.63, 3.8) is 0 Å². The van der Waals surface area contributed by atoms with Crippen molar-refractivity contribution in [2.75, 3.05) is 6.54 Å². The molecule has 0 aromatic carbocycles. The van der Waals surface area contributed by atoms with Crippen LogP contribution in [0.15, 0.2) is 0 Å². The maximum Gasteiger partial charge on any atom is 0.0242 e. The van der Waals surface area contributed by atoms with E-state index in [9.17, 15) is 0 Å². The molecule has 0 unspecified atom stereocenters. The summed E-state index contributed by atoms with van der Waals surface area (Å²) in [6.07, 6.45) is 9.05. The molecule has 0 spiro atoms. The maximum atomic E-state index is 5.39. The van der Waals surface area contributed by atoms with Crippen molar-refractivity contribution in [1.29, 1.82) is 0 Å². The van der Waals surface area contributed by atoms with Crippen molar-refractivity contribution in [2.45, 2.75) is 51.9 Å². The number of hydrogen-bond donors (Lipinski definition) is 1. The van der Waals surface area contributed by atoms with Crippen molar-refractivity contribution >= 4 is 17.1 Å². The fourth-order valence-electron chi connectivity index (χ4n) is 1.20. The molecule has 0 radical (unpaired) electrons. The standard InChI is InChI=1S/C10H21NS/c1-2-3-4-5-6-7-8-10(12)9-11/h2-9,11H2,1H3. The van der Waals surface area contributed by atoms with Gasteiger partial charge in [-0.2, -0.15) is 0 Å². The van der Waals surface area contributed by atoms with Crippen LogP contribution in [-0.2, 0) is 0 Å². The first kappa shape index (κ1) is 12.0.